The molecule has 6 nitrogen and oxygen atoms in total. The molecule has 2 saturated heterocycles. The highest BCUT2D eigenvalue weighted by Gasteiger charge is 2.39. The van der Waals surface area contributed by atoms with Gasteiger partial charge in [-0.15, -0.1) is 11.8 Å². The van der Waals surface area contributed by atoms with Crippen LogP contribution in [0.3, 0.4) is 0 Å². The van der Waals surface area contributed by atoms with Crippen molar-refractivity contribution in [2.24, 2.45) is 0 Å². The van der Waals surface area contributed by atoms with Crippen LogP contribution < -0.4 is 5.32 Å². The summed E-state index contributed by atoms with van der Waals surface area (Å²) in [4.78, 5) is 24.3. The zero-order valence-electron chi connectivity index (χ0n) is 8.63. The standard InChI is InChI=1S/C9H14N2O4S/c12-7-2-1-5(10-7)8(13)11-4-16-3-6(11)9(14)15/h5-7,10,12H,1-4H2,(H,14,15)/t5?,6-,7?/m0/s1. The Balaban J connectivity index is 2.01. The van der Waals surface area contributed by atoms with Crippen LogP contribution in [0.2, 0.25) is 0 Å². The molecule has 0 bridgehead atoms. The van der Waals surface area contributed by atoms with E-state index in [1.54, 1.807) is 0 Å². The first-order valence-electron chi connectivity index (χ1n) is 5.14. The van der Waals surface area contributed by atoms with Crippen molar-refractivity contribution in [2.45, 2.75) is 31.2 Å². The van der Waals surface area contributed by atoms with Crippen LogP contribution in [0, 0.1) is 0 Å². The number of hydrogen-bond donors (Lipinski definition) is 3. The van der Waals surface area contributed by atoms with Crippen LogP contribution >= 0.6 is 11.8 Å². The Morgan fingerprint density at radius 3 is 2.69 bits per heavy atom. The summed E-state index contributed by atoms with van der Waals surface area (Å²) >= 11 is 1.44. The van der Waals surface area contributed by atoms with E-state index < -0.39 is 24.3 Å². The normalized spacial score (nSPS) is 34.3. The number of rotatable bonds is 2. The predicted octanol–water partition coefficient (Wildman–Crippen LogP) is -0.957. The van der Waals surface area contributed by atoms with E-state index in [4.69, 9.17) is 5.11 Å². The van der Waals surface area contributed by atoms with E-state index in [0.717, 1.165) is 0 Å². The van der Waals surface area contributed by atoms with Gasteiger partial charge in [-0.3, -0.25) is 10.1 Å². The average Bonchev–Trinajstić information content (AvgIpc) is 2.84. The second-order valence-electron chi connectivity index (χ2n) is 3.97. The summed E-state index contributed by atoms with van der Waals surface area (Å²) < 4.78 is 0. The molecular formula is C9H14N2O4S. The molecule has 0 spiro atoms. The Morgan fingerprint density at radius 2 is 2.12 bits per heavy atom. The first-order chi connectivity index (χ1) is 7.59. The van der Waals surface area contributed by atoms with E-state index in [1.807, 2.05) is 0 Å². The summed E-state index contributed by atoms with van der Waals surface area (Å²) in [5, 5.41) is 21.0. The number of aliphatic hydroxyl groups is 1. The summed E-state index contributed by atoms with van der Waals surface area (Å²) in [7, 11) is 0. The maximum absolute atomic E-state index is 12.0. The van der Waals surface area contributed by atoms with Crippen molar-refractivity contribution in [2.75, 3.05) is 11.6 Å². The Hall–Kier alpha value is -0.790. The molecule has 0 aromatic rings. The Bertz CT molecular complexity index is 312. The highest BCUT2D eigenvalue weighted by molar-refractivity contribution is 7.99. The number of aliphatic hydroxyl groups excluding tert-OH is 1. The first-order valence-corrected chi connectivity index (χ1v) is 6.30. The first kappa shape index (κ1) is 11.7. The highest BCUT2D eigenvalue weighted by atomic mass is 32.2. The van der Waals surface area contributed by atoms with Gasteiger partial charge in [0.15, 0.2) is 0 Å². The highest BCUT2D eigenvalue weighted by Crippen LogP contribution is 2.24. The molecule has 2 aliphatic rings. The fourth-order valence-corrected chi connectivity index (χ4v) is 3.14. The third-order valence-corrected chi connectivity index (χ3v) is 3.88. The molecule has 0 saturated carbocycles. The van der Waals surface area contributed by atoms with E-state index in [2.05, 4.69) is 5.32 Å². The number of nitrogens with zero attached hydrogens (tertiary/aromatic N) is 1. The molecule has 16 heavy (non-hydrogen) atoms. The topological polar surface area (TPSA) is 89.9 Å². The molecule has 1 amide bonds. The SMILES string of the molecule is O=C(O)[C@@H]1CSCN1C(=O)C1CCC(O)N1. The van der Waals surface area contributed by atoms with E-state index in [0.29, 0.717) is 24.5 Å². The van der Waals surface area contributed by atoms with Gasteiger partial charge in [0.1, 0.15) is 12.3 Å². The zero-order chi connectivity index (χ0) is 11.7. The van der Waals surface area contributed by atoms with Crippen LogP contribution in [0.15, 0.2) is 0 Å². The van der Waals surface area contributed by atoms with Gasteiger partial charge in [0.05, 0.1) is 11.9 Å². The van der Waals surface area contributed by atoms with Gasteiger partial charge in [-0.25, -0.2) is 4.79 Å². The van der Waals surface area contributed by atoms with Gasteiger partial charge >= 0.3 is 5.97 Å². The minimum absolute atomic E-state index is 0.214. The molecule has 3 N–H and O–H groups in total. The van der Waals surface area contributed by atoms with Gasteiger partial charge in [0.25, 0.3) is 0 Å². The quantitative estimate of drug-likeness (QED) is 0.581. The molecule has 0 aromatic heterocycles. The molecule has 90 valence electrons. The van der Waals surface area contributed by atoms with E-state index in [9.17, 15) is 14.7 Å². The number of hydrogen-bond acceptors (Lipinski definition) is 5. The molecule has 3 atom stereocenters. The average molecular weight is 246 g/mol. The fourth-order valence-electron chi connectivity index (χ4n) is 1.98. The molecule has 2 unspecified atom stereocenters. The Labute approximate surface area is 97.0 Å². The minimum atomic E-state index is -0.961. The summed E-state index contributed by atoms with van der Waals surface area (Å²) in [6.45, 7) is 0. The second kappa shape index (κ2) is 4.60. The number of carboxylic acid groups (broad SMARTS) is 1. The molecule has 7 heteroatoms. The maximum atomic E-state index is 12.0. The number of carbonyl (C=O) groups is 2. The molecule has 0 aromatic carbocycles. The van der Waals surface area contributed by atoms with E-state index >= 15 is 0 Å². The molecule has 2 fully saturated rings. The third-order valence-electron chi connectivity index (χ3n) is 2.87. The second-order valence-corrected chi connectivity index (χ2v) is 4.97. The zero-order valence-corrected chi connectivity index (χ0v) is 9.44. The number of amides is 1. The number of nitrogens with one attached hydrogen (secondary N) is 1. The van der Waals surface area contributed by atoms with Crippen LogP contribution in [0.1, 0.15) is 12.8 Å². The third kappa shape index (κ3) is 2.16. The van der Waals surface area contributed by atoms with Crippen molar-refractivity contribution in [3.8, 4) is 0 Å². The Morgan fingerprint density at radius 1 is 1.38 bits per heavy atom. The molecule has 0 radical (unpaired) electrons. The largest absolute Gasteiger partial charge is 0.480 e. The minimum Gasteiger partial charge on any atom is -0.480 e. The summed E-state index contributed by atoms with van der Waals surface area (Å²) in [5.74, 6) is -0.314. The molecule has 2 rings (SSSR count). The summed E-state index contributed by atoms with van der Waals surface area (Å²) in [6.07, 6.45) is 0.454. The number of carbonyl (C=O) groups excluding carboxylic acids is 1. The lowest BCUT2D eigenvalue weighted by Gasteiger charge is -2.23. The van der Waals surface area contributed by atoms with E-state index in [1.165, 1.54) is 16.7 Å². The van der Waals surface area contributed by atoms with E-state index in [-0.39, 0.29) is 5.91 Å². The maximum Gasteiger partial charge on any atom is 0.327 e. The van der Waals surface area contributed by atoms with Crippen molar-refractivity contribution in [1.29, 1.82) is 0 Å². The van der Waals surface area contributed by atoms with Crippen molar-refractivity contribution < 1.29 is 19.8 Å². The van der Waals surface area contributed by atoms with Crippen LogP contribution in [-0.4, -0.2) is 56.9 Å². The molecule has 2 heterocycles. The van der Waals surface area contributed by atoms with Gasteiger partial charge in [-0.2, -0.15) is 0 Å². The van der Waals surface area contributed by atoms with Crippen LogP contribution in [-0.2, 0) is 9.59 Å². The van der Waals surface area contributed by atoms with Crippen molar-refractivity contribution in [3.63, 3.8) is 0 Å². The van der Waals surface area contributed by atoms with Gasteiger partial charge in [0, 0.05) is 5.75 Å². The van der Waals surface area contributed by atoms with Gasteiger partial charge in [-0.05, 0) is 12.8 Å². The summed E-state index contributed by atoms with van der Waals surface area (Å²) in [6, 6.07) is -1.16. The Kier molecular flexibility index (Phi) is 3.36. The number of carboxylic acids is 1. The van der Waals surface area contributed by atoms with Crippen molar-refractivity contribution >= 4 is 23.6 Å². The lowest BCUT2D eigenvalue weighted by atomic mass is 10.2. The molecular weight excluding hydrogens is 232 g/mol. The van der Waals surface area contributed by atoms with Crippen molar-refractivity contribution in [3.05, 3.63) is 0 Å². The molecule has 2 aliphatic heterocycles. The van der Waals surface area contributed by atoms with Gasteiger partial charge in [0.2, 0.25) is 5.91 Å². The number of aliphatic carboxylic acids is 1. The van der Waals surface area contributed by atoms with Crippen LogP contribution in [0.25, 0.3) is 0 Å². The van der Waals surface area contributed by atoms with Gasteiger partial charge in [-0.1, -0.05) is 0 Å². The lowest BCUT2D eigenvalue weighted by molar-refractivity contribution is -0.148. The number of thioether (sulfide) groups is 1. The predicted molar refractivity (Wildman–Crippen MR) is 57.8 cm³/mol. The summed E-state index contributed by atoms with van der Waals surface area (Å²) in [5.41, 5.74) is 0. The van der Waals surface area contributed by atoms with Crippen molar-refractivity contribution in [1.82, 2.24) is 10.2 Å². The van der Waals surface area contributed by atoms with Crippen LogP contribution in [0.5, 0.6) is 0 Å². The van der Waals surface area contributed by atoms with Gasteiger partial charge < -0.3 is 15.1 Å². The molecule has 0 aliphatic carbocycles. The smallest absolute Gasteiger partial charge is 0.327 e. The lowest BCUT2D eigenvalue weighted by Crippen LogP contribution is -2.49. The monoisotopic (exact) mass is 246 g/mol. The van der Waals surface area contributed by atoms with Crippen LogP contribution in [0.4, 0.5) is 0 Å². The fraction of sp³-hybridized carbons (Fsp3) is 0.778.